The van der Waals surface area contributed by atoms with Gasteiger partial charge in [0.2, 0.25) is 0 Å². The molecule has 1 saturated carbocycles. The van der Waals surface area contributed by atoms with Crippen LogP contribution in [0.15, 0.2) is 0 Å². The number of rotatable bonds is 4. The number of nitrogens with zero attached hydrogens (tertiary/aromatic N) is 1. The van der Waals surface area contributed by atoms with Gasteiger partial charge in [0, 0.05) is 18.6 Å². The topological polar surface area (TPSA) is 15.3 Å². The standard InChI is InChI=1S/C15H30N2/c1-4-14-6-5-9-17(14)11-13-10-12(2)7-8-15(13)16-3/h12-16H,4-11H2,1-3H3. The molecule has 4 atom stereocenters. The van der Waals surface area contributed by atoms with Crippen LogP contribution in [0.5, 0.6) is 0 Å². The summed E-state index contributed by atoms with van der Waals surface area (Å²) in [5.41, 5.74) is 0. The van der Waals surface area contributed by atoms with E-state index in [9.17, 15) is 0 Å². The minimum Gasteiger partial charge on any atom is -0.317 e. The highest BCUT2D eigenvalue weighted by atomic mass is 15.2. The van der Waals surface area contributed by atoms with E-state index in [1.54, 1.807) is 0 Å². The molecule has 4 unspecified atom stereocenters. The molecular weight excluding hydrogens is 208 g/mol. The molecule has 0 aromatic carbocycles. The van der Waals surface area contributed by atoms with Crippen molar-refractivity contribution in [2.24, 2.45) is 11.8 Å². The maximum atomic E-state index is 3.55. The fourth-order valence-corrected chi connectivity index (χ4v) is 3.98. The van der Waals surface area contributed by atoms with Gasteiger partial charge in [0.1, 0.15) is 0 Å². The molecule has 2 heteroatoms. The highest BCUT2D eigenvalue weighted by Crippen LogP contribution is 2.31. The molecule has 2 rings (SSSR count). The smallest absolute Gasteiger partial charge is 0.0105 e. The molecule has 0 radical (unpaired) electrons. The monoisotopic (exact) mass is 238 g/mol. The van der Waals surface area contributed by atoms with E-state index in [0.717, 1.165) is 23.9 Å². The van der Waals surface area contributed by atoms with Crippen molar-refractivity contribution in [3.8, 4) is 0 Å². The minimum absolute atomic E-state index is 0.768. The third-order valence-electron chi connectivity index (χ3n) is 5.05. The van der Waals surface area contributed by atoms with Gasteiger partial charge in [-0.3, -0.25) is 0 Å². The third kappa shape index (κ3) is 3.23. The Balaban J connectivity index is 1.90. The van der Waals surface area contributed by atoms with Gasteiger partial charge >= 0.3 is 0 Å². The van der Waals surface area contributed by atoms with Crippen LogP contribution in [0.4, 0.5) is 0 Å². The Labute approximate surface area is 107 Å². The molecule has 1 heterocycles. The normalized spacial score (nSPS) is 39.7. The van der Waals surface area contributed by atoms with E-state index in [2.05, 4.69) is 31.1 Å². The quantitative estimate of drug-likeness (QED) is 0.810. The molecule has 0 aromatic heterocycles. The summed E-state index contributed by atoms with van der Waals surface area (Å²) in [6.07, 6.45) is 8.42. The predicted octanol–water partition coefficient (Wildman–Crippen LogP) is 2.89. The van der Waals surface area contributed by atoms with Crippen LogP contribution in [-0.2, 0) is 0 Å². The summed E-state index contributed by atoms with van der Waals surface area (Å²) in [5, 5.41) is 3.55. The van der Waals surface area contributed by atoms with Gasteiger partial charge in [-0.25, -0.2) is 0 Å². The Morgan fingerprint density at radius 3 is 2.76 bits per heavy atom. The van der Waals surface area contributed by atoms with E-state index < -0.39 is 0 Å². The van der Waals surface area contributed by atoms with E-state index in [0.29, 0.717) is 0 Å². The maximum Gasteiger partial charge on any atom is 0.0105 e. The first-order chi connectivity index (χ1) is 8.24. The summed E-state index contributed by atoms with van der Waals surface area (Å²) in [6.45, 7) is 7.47. The summed E-state index contributed by atoms with van der Waals surface area (Å²) in [5.74, 6) is 1.82. The van der Waals surface area contributed by atoms with Crippen LogP contribution in [0.3, 0.4) is 0 Å². The van der Waals surface area contributed by atoms with Crippen molar-refractivity contribution in [3.05, 3.63) is 0 Å². The Hall–Kier alpha value is -0.0800. The molecule has 0 bridgehead atoms. The average molecular weight is 238 g/mol. The minimum atomic E-state index is 0.768. The molecule has 2 fully saturated rings. The lowest BCUT2D eigenvalue weighted by atomic mass is 9.78. The molecule has 1 aliphatic heterocycles. The summed E-state index contributed by atoms with van der Waals surface area (Å²) in [4.78, 5) is 2.77. The molecule has 0 spiro atoms. The van der Waals surface area contributed by atoms with E-state index >= 15 is 0 Å². The van der Waals surface area contributed by atoms with E-state index in [4.69, 9.17) is 0 Å². The lowest BCUT2D eigenvalue weighted by molar-refractivity contribution is 0.138. The Morgan fingerprint density at radius 1 is 1.24 bits per heavy atom. The zero-order chi connectivity index (χ0) is 12.3. The van der Waals surface area contributed by atoms with Gasteiger partial charge in [0.15, 0.2) is 0 Å². The first kappa shape index (κ1) is 13.4. The van der Waals surface area contributed by atoms with Gasteiger partial charge in [-0.1, -0.05) is 13.8 Å². The molecular formula is C15H30N2. The summed E-state index contributed by atoms with van der Waals surface area (Å²) < 4.78 is 0. The highest BCUT2D eigenvalue weighted by molar-refractivity contribution is 4.88. The van der Waals surface area contributed by atoms with Crippen molar-refractivity contribution in [2.75, 3.05) is 20.1 Å². The molecule has 100 valence electrons. The van der Waals surface area contributed by atoms with Gasteiger partial charge in [-0.05, 0) is 64.0 Å². The van der Waals surface area contributed by atoms with E-state index in [1.165, 1.54) is 51.6 Å². The number of hydrogen-bond acceptors (Lipinski definition) is 2. The second-order valence-corrected chi connectivity index (χ2v) is 6.27. The largest absolute Gasteiger partial charge is 0.317 e. The molecule has 17 heavy (non-hydrogen) atoms. The third-order valence-corrected chi connectivity index (χ3v) is 5.05. The first-order valence-electron chi connectivity index (χ1n) is 7.65. The number of nitrogens with one attached hydrogen (secondary N) is 1. The van der Waals surface area contributed by atoms with Gasteiger partial charge in [-0.15, -0.1) is 0 Å². The number of likely N-dealkylation sites (tertiary alicyclic amines) is 1. The van der Waals surface area contributed by atoms with Crippen molar-refractivity contribution >= 4 is 0 Å². The van der Waals surface area contributed by atoms with Crippen LogP contribution in [0.25, 0.3) is 0 Å². The molecule has 0 amide bonds. The zero-order valence-electron chi connectivity index (χ0n) is 11.9. The average Bonchev–Trinajstić information content (AvgIpc) is 2.77. The first-order valence-corrected chi connectivity index (χ1v) is 7.65. The Kier molecular flexibility index (Phi) is 4.87. The number of hydrogen-bond donors (Lipinski definition) is 1. The van der Waals surface area contributed by atoms with Gasteiger partial charge < -0.3 is 10.2 Å². The highest BCUT2D eigenvalue weighted by Gasteiger charge is 2.32. The van der Waals surface area contributed by atoms with Gasteiger partial charge in [-0.2, -0.15) is 0 Å². The second kappa shape index (κ2) is 6.19. The van der Waals surface area contributed by atoms with Crippen LogP contribution in [-0.4, -0.2) is 37.1 Å². The van der Waals surface area contributed by atoms with Crippen molar-refractivity contribution in [3.63, 3.8) is 0 Å². The molecule has 0 aromatic rings. The van der Waals surface area contributed by atoms with Crippen molar-refractivity contribution < 1.29 is 0 Å². The molecule has 1 aliphatic carbocycles. The lowest BCUT2D eigenvalue weighted by Gasteiger charge is -2.38. The maximum absolute atomic E-state index is 3.55. The van der Waals surface area contributed by atoms with Crippen LogP contribution in [0.2, 0.25) is 0 Å². The van der Waals surface area contributed by atoms with Crippen LogP contribution in [0.1, 0.15) is 52.4 Å². The van der Waals surface area contributed by atoms with Crippen molar-refractivity contribution in [2.45, 2.75) is 64.5 Å². The van der Waals surface area contributed by atoms with Crippen LogP contribution < -0.4 is 5.32 Å². The Morgan fingerprint density at radius 2 is 2.06 bits per heavy atom. The SMILES string of the molecule is CCC1CCCN1CC1CC(C)CCC1NC. The second-order valence-electron chi connectivity index (χ2n) is 6.27. The summed E-state index contributed by atoms with van der Waals surface area (Å²) in [6, 6.07) is 1.65. The summed E-state index contributed by atoms with van der Waals surface area (Å²) >= 11 is 0. The molecule has 2 nitrogen and oxygen atoms in total. The van der Waals surface area contributed by atoms with Crippen molar-refractivity contribution in [1.29, 1.82) is 0 Å². The van der Waals surface area contributed by atoms with E-state index in [-0.39, 0.29) is 0 Å². The summed E-state index contributed by atoms with van der Waals surface area (Å²) in [7, 11) is 2.15. The van der Waals surface area contributed by atoms with E-state index in [1.807, 2.05) is 0 Å². The van der Waals surface area contributed by atoms with Gasteiger partial charge in [0.05, 0.1) is 0 Å². The fraction of sp³-hybridized carbons (Fsp3) is 1.00. The molecule has 1 N–H and O–H groups in total. The van der Waals surface area contributed by atoms with Gasteiger partial charge in [0.25, 0.3) is 0 Å². The van der Waals surface area contributed by atoms with Crippen LogP contribution >= 0.6 is 0 Å². The van der Waals surface area contributed by atoms with Crippen LogP contribution in [0, 0.1) is 11.8 Å². The molecule has 2 aliphatic rings. The fourth-order valence-electron chi connectivity index (χ4n) is 3.98. The zero-order valence-corrected chi connectivity index (χ0v) is 11.9. The lowest BCUT2D eigenvalue weighted by Crippen LogP contribution is -2.45. The van der Waals surface area contributed by atoms with Crippen molar-refractivity contribution in [1.82, 2.24) is 10.2 Å². The Bertz CT molecular complexity index is 229. The molecule has 1 saturated heterocycles. The predicted molar refractivity (Wildman–Crippen MR) is 74.2 cm³/mol.